The largest absolute Gasteiger partial charge is 0.494 e. The quantitative estimate of drug-likeness (QED) is 0.431. The molecule has 1 unspecified atom stereocenters. The lowest BCUT2D eigenvalue weighted by molar-refractivity contribution is -0.534. The highest BCUT2D eigenvalue weighted by Crippen LogP contribution is 2.39. The van der Waals surface area contributed by atoms with Gasteiger partial charge >= 0.3 is 0 Å². The fourth-order valence-corrected chi connectivity index (χ4v) is 5.02. The maximum Gasteiger partial charge on any atom is 0.275 e. The molecule has 2 aliphatic heterocycles. The highest BCUT2D eigenvalue weighted by atomic mass is 79.9. The van der Waals surface area contributed by atoms with Gasteiger partial charge in [0.25, 0.3) is 11.6 Å². The predicted molar refractivity (Wildman–Crippen MR) is 140 cm³/mol. The number of amidine groups is 1. The number of hydrogen-bond donors (Lipinski definition) is 1. The van der Waals surface area contributed by atoms with E-state index in [0.29, 0.717) is 13.2 Å². The summed E-state index contributed by atoms with van der Waals surface area (Å²) < 4.78 is 8.03. The molecule has 0 radical (unpaired) electrons. The molecule has 0 fully saturated rings. The standard InChI is InChI=1S/C28H31N2O2.BrH/c1-2-32-26-18-16-25(17-19-26)30-27-11-7-4-8-20-29(27)21-28(30,31)24-14-12-23(13-15-24)22-9-5-3-6-10-22;/h3,5-6,9-10,12-19,31H,2,4,7-8,11,20-21H2,1H3;1H/q+1;. The number of anilines is 1. The van der Waals surface area contributed by atoms with Crippen molar-refractivity contribution >= 4 is 28.5 Å². The van der Waals surface area contributed by atoms with Gasteiger partial charge in [-0.25, -0.2) is 0 Å². The van der Waals surface area contributed by atoms with Crippen molar-refractivity contribution in [3.63, 3.8) is 0 Å². The van der Waals surface area contributed by atoms with Gasteiger partial charge in [-0.2, -0.15) is 4.90 Å². The summed E-state index contributed by atoms with van der Waals surface area (Å²) in [5.74, 6) is 2.08. The second kappa shape index (κ2) is 10.1. The molecule has 0 amide bonds. The molecule has 5 rings (SSSR count). The fourth-order valence-electron chi connectivity index (χ4n) is 5.02. The molecule has 1 N–H and O–H groups in total. The maximum atomic E-state index is 12.2. The average molecular weight is 508 g/mol. The number of hydrogen-bond acceptors (Lipinski definition) is 3. The number of rotatable bonds is 5. The molecule has 0 saturated carbocycles. The van der Waals surface area contributed by atoms with Gasteiger partial charge in [0.2, 0.25) is 0 Å². The Labute approximate surface area is 206 Å². The number of halogens is 1. The average Bonchev–Trinajstić information content (AvgIpc) is 2.96. The number of benzene rings is 3. The van der Waals surface area contributed by atoms with Gasteiger partial charge in [0.05, 0.1) is 13.2 Å². The Kier molecular flexibility index (Phi) is 7.20. The second-order valence-corrected chi connectivity index (χ2v) is 8.67. The zero-order valence-corrected chi connectivity index (χ0v) is 20.8. The van der Waals surface area contributed by atoms with Crippen molar-refractivity contribution in [3.05, 3.63) is 84.4 Å². The van der Waals surface area contributed by atoms with Gasteiger partial charge in [-0.3, -0.25) is 4.58 Å². The molecule has 5 heteroatoms. The van der Waals surface area contributed by atoms with Crippen LogP contribution in [0.15, 0.2) is 78.9 Å². The first-order valence-corrected chi connectivity index (χ1v) is 11.7. The Morgan fingerprint density at radius 1 is 0.879 bits per heavy atom. The van der Waals surface area contributed by atoms with Gasteiger partial charge in [0.1, 0.15) is 11.4 Å². The molecular formula is C28H32BrN2O2+. The van der Waals surface area contributed by atoms with Crippen LogP contribution in [0.2, 0.25) is 0 Å². The molecule has 2 heterocycles. The van der Waals surface area contributed by atoms with Crippen LogP contribution >= 0.6 is 17.0 Å². The van der Waals surface area contributed by atoms with E-state index in [-0.39, 0.29) is 17.0 Å². The SMILES string of the molecule is Br.CCOc1ccc(N2C3=[N+](CCCCC3)CC2(O)c2ccc(-c3ccccc3)cc2)cc1. The summed E-state index contributed by atoms with van der Waals surface area (Å²) in [6.45, 7) is 4.21. The van der Waals surface area contributed by atoms with Crippen LogP contribution in [0.3, 0.4) is 0 Å². The Morgan fingerprint density at radius 2 is 1.58 bits per heavy atom. The third kappa shape index (κ3) is 4.57. The third-order valence-corrected chi connectivity index (χ3v) is 6.59. The van der Waals surface area contributed by atoms with E-state index in [0.717, 1.165) is 42.0 Å². The van der Waals surface area contributed by atoms with Crippen LogP contribution in [-0.4, -0.2) is 35.2 Å². The van der Waals surface area contributed by atoms with Gasteiger partial charge in [0.15, 0.2) is 6.54 Å². The first kappa shape index (κ1) is 23.5. The zero-order chi connectivity index (χ0) is 22.0. The van der Waals surface area contributed by atoms with Crippen molar-refractivity contribution in [2.75, 3.05) is 24.6 Å². The molecule has 2 aliphatic rings. The molecule has 3 aromatic carbocycles. The highest BCUT2D eigenvalue weighted by Gasteiger charge is 2.54. The molecule has 0 saturated heterocycles. The van der Waals surface area contributed by atoms with E-state index in [1.807, 2.05) is 25.1 Å². The summed E-state index contributed by atoms with van der Waals surface area (Å²) in [5, 5.41) is 12.2. The lowest BCUT2D eigenvalue weighted by Gasteiger charge is -2.29. The Morgan fingerprint density at radius 3 is 2.27 bits per heavy atom. The summed E-state index contributed by atoms with van der Waals surface area (Å²) in [5.41, 5.74) is 3.17. The highest BCUT2D eigenvalue weighted by molar-refractivity contribution is 8.93. The topological polar surface area (TPSA) is 35.7 Å². The van der Waals surface area contributed by atoms with Crippen LogP contribution in [-0.2, 0) is 5.72 Å². The monoisotopic (exact) mass is 507 g/mol. The smallest absolute Gasteiger partial charge is 0.275 e. The fraction of sp³-hybridized carbons (Fsp3) is 0.321. The molecule has 33 heavy (non-hydrogen) atoms. The lowest BCUT2D eigenvalue weighted by Crippen LogP contribution is -2.47. The Bertz CT molecular complexity index is 1100. The van der Waals surface area contributed by atoms with E-state index in [9.17, 15) is 5.11 Å². The molecule has 0 spiro atoms. The van der Waals surface area contributed by atoms with E-state index < -0.39 is 5.72 Å². The van der Waals surface area contributed by atoms with E-state index >= 15 is 0 Å². The lowest BCUT2D eigenvalue weighted by atomic mass is 9.96. The van der Waals surface area contributed by atoms with Crippen molar-refractivity contribution in [2.45, 2.75) is 38.3 Å². The number of nitrogens with zero attached hydrogens (tertiary/aromatic N) is 2. The minimum Gasteiger partial charge on any atom is -0.494 e. The number of aliphatic hydroxyl groups is 1. The van der Waals surface area contributed by atoms with Gasteiger partial charge in [0, 0.05) is 12.0 Å². The molecular weight excluding hydrogens is 476 g/mol. The van der Waals surface area contributed by atoms with Crippen LogP contribution in [0.4, 0.5) is 5.69 Å². The van der Waals surface area contributed by atoms with Crippen molar-refractivity contribution in [1.29, 1.82) is 0 Å². The molecule has 0 bridgehead atoms. The summed E-state index contributed by atoms with van der Waals surface area (Å²) in [6, 6.07) is 26.9. The summed E-state index contributed by atoms with van der Waals surface area (Å²) >= 11 is 0. The van der Waals surface area contributed by atoms with Crippen molar-refractivity contribution in [3.8, 4) is 16.9 Å². The predicted octanol–water partition coefficient (Wildman–Crippen LogP) is 5.98. The summed E-state index contributed by atoms with van der Waals surface area (Å²) in [6.07, 6.45) is 4.55. The molecule has 3 aromatic rings. The molecule has 172 valence electrons. The molecule has 0 aliphatic carbocycles. The van der Waals surface area contributed by atoms with Gasteiger partial charge in [-0.15, -0.1) is 17.0 Å². The molecule has 0 aromatic heterocycles. The van der Waals surface area contributed by atoms with Crippen molar-refractivity contribution in [1.82, 2.24) is 0 Å². The van der Waals surface area contributed by atoms with E-state index in [4.69, 9.17) is 4.74 Å². The van der Waals surface area contributed by atoms with Gasteiger partial charge in [-0.05, 0) is 61.6 Å². The first-order chi connectivity index (χ1) is 15.7. The molecule has 4 nitrogen and oxygen atoms in total. The normalized spacial score (nSPS) is 20.1. The Hall–Kier alpha value is -2.63. The van der Waals surface area contributed by atoms with Crippen LogP contribution in [0.25, 0.3) is 11.1 Å². The summed E-state index contributed by atoms with van der Waals surface area (Å²) in [7, 11) is 0. The minimum atomic E-state index is -1.10. The Balaban J connectivity index is 0.00000259. The first-order valence-electron chi connectivity index (χ1n) is 11.7. The van der Waals surface area contributed by atoms with Crippen LogP contribution < -0.4 is 9.64 Å². The van der Waals surface area contributed by atoms with Crippen LogP contribution in [0.1, 0.15) is 38.2 Å². The summed E-state index contributed by atoms with van der Waals surface area (Å²) in [4.78, 5) is 2.16. The maximum absolute atomic E-state index is 12.2. The third-order valence-electron chi connectivity index (χ3n) is 6.59. The van der Waals surface area contributed by atoms with Crippen molar-refractivity contribution < 1.29 is 14.4 Å². The van der Waals surface area contributed by atoms with Crippen LogP contribution in [0, 0.1) is 0 Å². The molecule has 1 atom stereocenters. The second-order valence-electron chi connectivity index (χ2n) is 8.67. The van der Waals surface area contributed by atoms with E-state index in [1.165, 1.54) is 24.2 Å². The van der Waals surface area contributed by atoms with E-state index in [2.05, 4.69) is 70.1 Å². The zero-order valence-electron chi connectivity index (χ0n) is 19.1. The van der Waals surface area contributed by atoms with Gasteiger partial charge in [-0.1, -0.05) is 54.6 Å². The van der Waals surface area contributed by atoms with E-state index in [1.54, 1.807) is 0 Å². The minimum absolute atomic E-state index is 0. The van der Waals surface area contributed by atoms with Crippen LogP contribution in [0.5, 0.6) is 5.75 Å². The van der Waals surface area contributed by atoms with Crippen molar-refractivity contribution in [2.24, 2.45) is 0 Å². The number of ether oxygens (including phenoxy) is 1. The van der Waals surface area contributed by atoms with Gasteiger partial charge < -0.3 is 9.84 Å².